The number of fused-ring (bicyclic) bond motifs is 1. The van der Waals surface area contributed by atoms with E-state index in [1.807, 2.05) is 12.3 Å². The van der Waals surface area contributed by atoms with E-state index in [1.165, 1.54) is 0 Å². The lowest BCUT2D eigenvalue weighted by molar-refractivity contribution is -0.697. The molecule has 0 aliphatic carbocycles. The summed E-state index contributed by atoms with van der Waals surface area (Å²) >= 11 is 0. The molecule has 0 aromatic carbocycles. The van der Waals surface area contributed by atoms with E-state index < -0.39 is 0 Å². The second-order valence-electron chi connectivity index (χ2n) is 8.39. The molecule has 3 rings (SSSR count). The molecule has 0 spiro atoms. The molecule has 0 unspecified atom stereocenters. The van der Waals surface area contributed by atoms with Crippen LogP contribution >= 0.6 is 0 Å². The molecule has 6 heteroatoms. The molecule has 3 N–H and O–H groups in total. The first-order valence-electron chi connectivity index (χ1n) is 9.01. The van der Waals surface area contributed by atoms with E-state index in [-0.39, 0.29) is 23.7 Å². The van der Waals surface area contributed by atoms with Crippen molar-refractivity contribution in [3.8, 4) is 0 Å². The van der Waals surface area contributed by atoms with Crippen LogP contribution in [-0.2, 0) is 14.9 Å². The Bertz CT molecular complexity index is 558. The van der Waals surface area contributed by atoms with Crippen LogP contribution in [0.25, 0.3) is 0 Å². The van der Waals surface area contributed by atoms with E-state index in [9.17, 15) is 0 Å². The standard InChI is InChI=1S/C18H30N4O2/c1-11(2)8-20-12-9-23-16-13(10-24-15(12)16)21-17-19-7-6-14(22-17)18(3,4)5/h6-7,11-13,15-16,20H,8-10H2,1-5H3,(H,19,21,22)/p+1/t12-,13-,15+,16+/m0/s1. The molecule has 0 amide bonds. The third-order valence-electron chi connectivity index (χ3n) is 4.74. The third kappa shape index (κ3) is 3.87. The number of nitrogens with zero attached hydrogens (tertiary/aromatic N) is 2. The van der Waals surface area contributed by atoms with Crippen molar-refractivity contribution in [3.05, 3.63) is 18.0 Å². The Labute approximate surface area is 144 Å². The molecule has 1 aromatic heterocycles. The highest BCUT2D eigenvalue weighted by Crippen LogP contribution is 2.28. The van der Waals surface area contributed by atoms with E-state index >= 15 is 0 Å². The maximum absolute atomic E-state index is 6.03. The highest BCUT2D eigenvalue weighted by Gasteiger charge is 2.49. The molecule has 0 saturated carbocycles. The molecule has 2 fully saturated rings. The van der Waals surface area contributed by atoms with Crippen LogP contribution in [0.15, 0.2) is 12.3 Å². The van der Waals surface area contributed by atoms with Gasteiger partial charge in [-0.1, -0.05) is 34.6 Å². The molecule has 2 saturated heterocycles. The lowest BCUT2D eigenvalue weighted by atomic mass is 9.92. The zero-order valence-corrected chi connectivity index (χ0v) is 15.5. The number of nitrogens with two attached hydrogens (primary N) is 1. The Morgan fingerprint density at radius 3 is 2.71 bits per heavy atom. The molecule has 6 nitrogen and oxygen atoms in total. The summed E-state index contributed by atoms with van der Waals surface area (Å²) in [5, 5.41) is 5.79. The second-order valence-corrected chi connectivity index (χ2v) is 8.39. The largest absolute Gasteiger partial charge is 0.367 e. The van der Waals surface area contributed by atoms with Crippen molar-refractivity contribution in [1.29, 1.82) is 0 Å². The van der Waals surface area contributed by atoms with Crippen molar-refractivity contribution >= 4 is 5.95 Å². The second kappa shape index (κ2) is 6.94. The number of anilines is 1. The molecule has 4 atom stereocenters. The first-order valence-corrected chi connectivity index (χ1v) is 9.01. The minimum atomic E-state index is 0.00877. The number of hydrogen-bond donors (Lipinski definition) is 2. The molecule has 134 valence electrons. The maximum Gasteiger partial charge on any atom is 0.223 e. The zero-order chi connectivity index (χ0) is 17.3. The molecular weight excluding hydrogens is 304 g/mol. The SMILES string of the molecule is CC(C)C[NH2+][C@H]1CO[C@H]2[C@@H]1OC[C@@H]2Nc1nccc(C(C)(C)C)n1. The third-order valence-corrected chi connectivity index (χ3v) is 4.74. The van der Waals surface area contributed by atoms with E-state index in [4.69, 9.17) is 9.47 Å². The van der Waals surface area contributed by atoms with Gasteiger partial charge in [0.15, 0.2) is 0 Å². The van der Waals surface area contributed by atoms with E-state index in [1.54, 1.807) is 0 Å². The van der Waals surface area contributed by atoms with Gasteiger partial charge in [-0.2, -0.15) is 0 Å². The van der Waals surface area contributed by atoms with Crippen molar-refractivity contribution in [1.82, 2.24) is 9.97 Å². The summed E-state index contributed by atoms with van der Waals surface area (Å²) in [4.78, 5) is 9.03. The van der Waals surface area contributed by atoms with Crippen LogP contribution in [0, 0.1) is 5.92 Å². The van der Waals surface area contributed by atoms with Gasteiger partial charge in [0.25, 0.3) is 0 Å². The Hall–Kier alpha value is -1.24. The topological polar surface area (TPSA) is 72.9 Å². The van der Waals surface area contributed by atoms with Gasteiger partial charge in [-0.3, -0.25) is 0 Å². The number of nitrogens with one attached hydrogen (secondary N) is 1. The van der Waals surface area contributed by atoms with Crippen molar-refractivity contribution in [2.75, 3.05) is 25.1 Å². The van der Waals surface area contributed by atoms with Crippen molar-refractivity contribution in [3.63, 3.8) is 0 Å². The Kier molecular flexibility index (Phi) is 5.08. The van der Waals surface area contributed by atoms with Crippen LogP contribution in [0.3, 0.4) is 0 Å². The predicted octanol–water partition coefficient (Wildman–Crippen LogP) is 0.940. The van der Waals surface area contributed by atoms with Crippen LogP contribution in [-0.4, -0.2) is 54.0 Å². The molecule has 2 aliphatic rings. The summed E-state index contributed by atoms with van der Waals surface area (Å²) in [6.07, 6.45) is 2.06. The Morgan fingerprint density at radius 2 is 2.00 bits per heavy atom. The molecular formula is C18H31N4O2+. The van der Waals surface area contributed by atoms with Crippen LogP contribution < -0.4 is 10.6 Å². The van der Waals surface area contributed by atoms with Gasteiger partial charge >= 0.3 is 0 Å². The summed E-state index contributed by atoms with van der Waals surface area (Å²) in [7, 11) is 0. The summed E-state index contributed by atoms with van der Waals surface area (Å²) in [6, 6.07) is 2.48. The van der Waals surface area contributed by atoms with Gasteiger partial charge in [0.2, 0.25) is 5.95 Å². The van der Waals surface area contributed by atoms with E-state index in [2.05, 4.69) is 55.2 Å². The van der Waals surface area contributed by atoms with Crippen molar-refractivity contribution < 1.29 is 14.8 Å². The van der Waals surface area contributed by atoms with Crippen LogP contribution in [0.5, 0.6) is 0 Å². The normalized spacial score (nSPS) is 29.9. The van der Waals surface area contributed by atoms with Gasteiger partial charge in [0.1, 0.15) is 24.9 Å². The number of aromatic nitrogens is 2. The fraction of sp³-hybridized carbons (Fsp3) is 0.778. The zero-order valence-electron chi connectivity index (χ0n) is 15.5. The Balaban J connectivity index is 1.62. The first kappa shape index (κ1) is 17.6. The van der Waals surface area contributed by atoms with Gasteiger partial charge in [0.05, 0.1) is 24.9 Å². The van der Waals surface area contributed by atoms with Gasteiger partial charge in [0, 0.05) is 17.5 Å². The lowest BCUT2D eigenvalue weighted by Gasteiger charge is -2.20. The van der Waals surface area contributed by atoms with Crippen LogP contribution in [0.1, 0.15) is 40.3 Å². The summed E-state index contributed by atoms with van der Waals surface area (Å²) in [6.45, 7) is 13.4. The highest BCUT2D eigenvalue weighted by molar-refractivity contribution is 5.30. The van der Waals surface area contributed by atoms with Crippen molar-refractivity contribution in [2.45, 2.75) is 64.3 Å². The summed E-state index contributed by atoms with van der Waals surface area (Å²) in [5.74, 6) is 1.34. The lowest BCUT2D eigenvalue weighted by Crippen LogP contribution is -2.93. The van der Waals surface area contributed by atoms with E-state index in [0.29, 0.717) is 24.5 Å². The quantitative estimate of drug-likeness (QED) is 0.838. The van der Waals surface area contributed by atoms with Crippen LogP contribution in [0.2, 0.25) is 0 Å². The average Bonchev–Trinajstić information content (AvgIpc) is 3.08. The summed E-state index contributed by atoms with van der Waals surface area (Å²) in [5.41, 5.74) is 1.04. The minimum absolute atomic E-state index is 0.00877. The summed E-state index contributed by atoms with van der Waals surface area (Å²) < 4.78 is 12.1. The Morgan fingerprint density at radius 1 is 1.25 bits per heavy atom. The predicted molar refractivity (Wildman–Crippen MR) is 93.0 cm³/mol. The van der Waals surface area contributed by atoms with Gasteiger partial charge < -0.3 is 20.1 Å². The maximum atomic E-state index is 6.03. The minimum Gasteiger partial charge on any atom is -0.367 e. The molecule has 0 radical (unpaired) electrons. The highest BCUT2D eigenvalue weighted by atomic mass is 16.6. The van der Waals surface area contributed by atoms with Crippen molar-refractivity contribution in [2.24, 2.45) is 5.92 Å². The molecule has 2 aliphatic heterocycles. The fourth-order valence-corrected chi connectivity index (χ4v) is 3.31. The fourth-order valence-electron chi connectivity index (χ4n) is 3.31. The molecule has 24 heavy (non-hydrogen) atoms. The number of hydrogen-bond acceptors (Lipinski definition) is 5. The van der Waals surface area contributed by atoms with Gasteiger partial charge in [-0.15, -0.1) is 0 Å². The average molecular weight is 335 g/mol. The molecule has 0 bridgehead atoms. The van der Waals surface area contributed by atoms with Crippen LogP contribution in [0.4, 0.5) is 5.95 Å². The molecule has 1 aromatic rings. The van der Waals surface area contributed by atoms with E-state index in [0.717, 1.165) is 18.8 Å². The van der Waals surface area contributed by atoms with Gasteiger partial charge in [-0.25, -0.2) is 9.97 Å². The first-order chi connectivity index (χ1) is 11.3. The van der Waals surface area contributed by atoms with Gasteiger partial charge in [-0.05, 0) is 6.07 Å². The number of quaternary nitrogens is 1. The smallest absolute Gasteiger partial charge is 0.223 e. The monoisotopic (exact) mass is 335 g/mol. The number of ether oxygens (including phenoxy) is 2. The number of rotatable bonds is 5. The molecule has 3 heterocycles.